The molecular weight excluding hydrogens is 314 g/mol. The number of methoxy groups -OCH3 is 1. The van der Waals surface area contributed by atoms with Crippen LogP contribution in [0.25, 0.3) is 6.08 Å². The average Bonchev–Trinajstić information content (AvgIpc) is 3.19. The van der Waals surface area contributed by atoms with Crippen LogP contribution in [0.5, 0.6) is 11.5 Å². The van der Waals surface area contributed by atoms with Crippen LogP contribution >= 0.6 is 0 Å². The molecule has 1 aromatic heterocycles. The van der Waals surface area contributed by atoms with Crippen molar-refractivity contribution in [2.75, 3.05) is 7.11 Å². The van der Waals surface area contributed by atoms with Gasteiger partial charge in [-0.15, -0.1) is 0 Å². The minimum atomic E-state index is -0.579. The molecule has 1 aliphatic heterocycles. The Morgan fingerprint density at radius 2 is 2.08 bits per heavy atom. The predicted molar refractivity (Wildman–Crippen MR) is 83.6 cm³/mol. The van der Waals surface area contributed by atoms with Crippen LogP contribution in [-0.2, 0) is 14.3 Å². The summed E-state index contributed by atoms with van der Waals surface area (Å²) in [5.41, 5.74) is 0.767. The topological polar surface area (TPSA) is 87.3 Å². The number of furan rings is 1. The zero-order chi connectivity index (χ0) is 17.1. The third-order valence-corrected chi connectivity index (χ3v) is 3.10. The van der Waals surface area contributed by atoms with Gasteiger partial charge in [0.1, 0.15) is 0 Å². The number of carbonyl (C=O) groups is 2. The molecule has 0 amide bonds. The van der Waals surface area contributed by atoms with Gasteiger partial charge in [0.15, 0.2) is 23.0 Å². The number of aliphatic imine (C=N–C) groups is 1. The summed E-state index contributed by atoms with van der Waals surface area (Å²) < 4.78 is 20.4. The summed E-state index contributed by atoms with van der Waals surface area (Å²) in [5.74, 6) is 0.104. The van der Waals surface area contributed by atoms with E-state index in [0.717, 1.165) is 0 Å². The summed E-state index contributed by atoms with van der Waals surface area (Å²) in [5, 5.41) is 0. The fourth-order valence-corrected chi connectivity index (χ4v) is 2.09. The Morgan fingerprint density at radius 1 is 1.25 bits per heavy atom. The van der Waals surface area contributed by atoms with E-state index >= 15 is 0 Å². The van der Waals surface area contributed by atoms with Crippen molar-refractivity contribution in [1.29, 1.82) is 0 Å². The minimum Gasteiger partial charge on any atom is -0.493 e. The number of benzene rings is 1. The molecule has 2 heterocycles. The van der Waals surface area contributed by atoms with E-state index in [9.17, 15) is 9.59 Å². The van der Waals surface area contributed by atoms with Gasteiger partial charge in [0.05, 0.1) is 13.4 Å². The van der Waals surface area contributed by atoms with Gasteiger partial charge in [-0.05, 0) is 35.9 Å². The first kappa shape index (κ1) is 15.5. The van der Waals surface area contributed by atoms with Crippen molar-refractivity contribution in [3.63, 3.8) is 0 Å². The van der Waals surface area contributed by atoms with Gasteiger partial charge < -0.3 is 18.6 Å². The summed E-state index contributed by atoms with van der Waals surface area (Å²) in [6.45, 7) is 1.30. The standard InChI is InChI=1S/C17H13NO6/c1-10(19)23-13-6-5-11(9-15(13)21-2)8-12-17(20)24-16(18-12)14-4-3-7-22-14/h3-9H,1-2H3/b12-8+. The van der Waals surface area contributed by atoms with E-state index in [1.807, 2.05) is 0 Å². The van der Waals surface area contributed by atoms with Crippen LogP contribution in [0.15, 0.2) is 51.7 Å². The molecule has 0 bridgehead atoms. The van der Waals surface area contributed by atoms with Gasteiger partial charge in [-0.2, -0.15) is 0 Å². The molecule has 7 heteroatoms. The highest BCUT2D eigenvalue weighted by Crippen LogP contribution is 2.30. The second-order valence-corrected chi connectivity index (χ2v) is 4.82. The number of ether oxygens (including phenoxy) is 3. The lowest BCUT2D eigenvalue weighted by molar-refractivity contribution is -0.132. The third-order valence-electron chi connectivity index (χ3n) is 3.10. The fourth-order valence-electron chi connectivity index (χ4n) is 2.09. The summed E-state index contributed by atoms with van der Waals surface area (Å²) in [6.07, 6.45) is 3.00. The highest BCUT2D eigenvalue weighted by atomic mass is 16.6. The molecule has 1 aliphatic rings. The number of nitrogens with zero attached hydrogens (tertiary/aromatic N) is 1. The molecule has 0 spiro atoms. The molecule has 2 aromatic rings. The first-order chi connectivity index (χ1) is 11.6. The van der Waals surface area contributed by atoms with Crippen molar-refractivity contribution in [2.24, 2.45) is 4.99 Å². The lowest BCUT2D eigenvalue weighted by Gasteiger charge is -2.08. The molecular formula is C17H13NO6. The van der Waals surface area contributed by atoms with E-state index in [0.29, 0.717) is 22.8 Å². The highest BCUT2D eigenvalue weighted by molar-refractivity contribution is 6.11. The molecule has 0 atom stereocenters. The van der Waals surface area contributed by atoms with Gasteiger partial charge in [-0.1, -0.05) is 6.07 Å². The van der Waals surface area contributed by atoms with Crippen LogP contribution in [0.2, 0.25) is 0 Å². The normalized spacial score (nSPS) is 15.2. The molecule has 0 N–H and O–H groups in total. The SMILES string of the molecule is COc1cc(/C=C2/N=C(c3ccco3)OC2=O)ccc1OC(C)=O. The zero-order valence-electron chi connectivity index (χ0n) is 12.9. The Labute approximate surface area is 137 Å². The molecule has 0 aliphatic carbocycles. The van der Waals surface area contributed by atoms with Gasteiger partial charge in [0.2, 0.25) is 0 Å². The molecule has 3 rings (SSSR count). The lowest BCUT2D eigenvalue weighted by atomic mass is 10.1. The smallest absolute Gasteiger partial charge is 0.363 e. The largest absolute Gasteiger partial charge is 0.493 e. The Balaban J connectivity index is 1.90. The average molecular weight is 327 g/mol. The van der Waals surface area contributed by atoms with Crippen molar-refractivity contribution in [2.45, 2.75) is 6.92 Å². The molecule has 0 fully saturated rings. The van der Waals surface area contributed by atoms with E-state index in [2.05, 4.69) is 4.99 Å². The van der Waals surface area contributed by atoms with Crippen molar-refractivity contribution in [3.05, 3.63) is 53.6 Å². The van der Waals surface area contributed by atoms with Crippen LogP contribution in [0, 0.1) is 0 Å². The minimum absolute atomic E-state index is 0.111. The molecule has 122 valence electrons. The summed E-state index contributed by atoms with van der Waals surface area (Å²) in [7, 11) is 1.45. The number of hydrogen-bond donors (Lipinski definition) is 0. The van der Waals surface area contributed by atoms with E-state index in [4.69, 9.17) is 18.6 Å². The van der Waals surface area contributed by atoms with Crippen LogP contribution in [0.1, 0.15) is 18.2 Å². The van der Waals surface area contributed by atoms with E-state index in [1.165, 1.54) is 20.3 Å². The van der Waals surface area contributed by atoms with Crippen LogP contribution < -0.4 is 9.47 Å². The maximum Gasteiger partial charge on any atom is 0.363 e. The first-order valence-corrected chi connectivity index (χ1v) is 6.99. The molecule has 0 radical (unpaired) electrons. The Hall–Kier alpha value is -3.35. The maximum absolute atomic E-state index is 11.9. The summed E-state index contributed by atoms with van der Waals surface area (Å²) in [4.78, 5) is 27.1. The van der Waals surface area contributed by atoms with Crippen molar-refractivity contribution in [3.8, 4) is 11.5 Å². The lowest BCUT2D eigenvalue weighted by Crippen LogP contribution is -2.04. The number of cyclic esters (lactones) is 1. The van der Waals surface area contributed by atoms with E-state index in [-0.39, 0.29) is 11.6 Å². The number of carbonyl (C=O) groups excluding carboxylic acids is 2. The van der Waals surface area contributed by atoms with Crippen molar-refractivity contribution in [1.82, 2.24) is 0 Å². The number of hydrogen-bond acceptors (Lipinski definition) is 7. The Bertz CT molecular complexity index is 848. The third kappa shape index (κ3) is 3.19. The molecule has 1 aromatic carbocycles. The van der Waals surface area contributed by atoms with Gasteiger partial charge in [0, 0.05) is 6.92 Å². The predicted octanol–water partition coefficient (Wildman–Crippen LogP) is 2.56. The molecule has 24 heavy (non-hydrogen) atoms. The molecule has 0 unspecified atom stereocenters. The van der Waals surface area contributed by atoms with Gasteiger partial charge >= 0.3 is 11.9 Å². The maximum atomic E-state index is 11.9. The monoisotopic (exact) mass is 327 g/mol. The first-order valence-electron chi connectivity index (χ1n) is 6.99. The second-order valence-electron chi connectivity index (χ2n) is 4.82. The molecule has 7 nitrogen and oxygen atoms in total. The highest BCUT2D eigenvalue weighted by Gasteiger charge is 2.25. The fraction of sp³-hybridized carbons (Fsp3) is 0.118. The summed E-state index contributed by atoms with van der Waals surface area (Å²) in [6, 6.07) is 8.18. The van der Waals surface area contributed by atoms with Crippen molar-refractivity contribution < 1.29 is 28.2 Å². The Morgan fingerprint density at radius 3 is 2.75 bits per heavy atom. The van der Waals surface area contributed by atoms with E-state index in [1.54, 1.807) is 36.4 Å². The van der Waals surface area contributed by atoms with Crippen molar-refractivity contribution >= 4 is 23.9 Å². The molecule has 0 saturated heterocycles. The van der Waals surface area contributed by atoms with Crippen LogP contribution in [-0.4, -0.2) is 24.9 Å². The number of rotatable bonds is 4. The number of esters is 2. The summed E-state index contributed by atoms with van der Waals surface area (Å²) >= 11 is 0. The van der Waals surface area contributed by atoms with Crippen LogP contribution in [0.4, 0.5) is 0 Å². The van der Waals surface area contributed by atoms with E-state index < -0.39 is 11.9 Å². The quantitative estimate of drug-likeness (QED) is 0.487. The second kappa shape index (κ2) is 6.41. The Kier molecular flexibility index (Phi) is 4.15. The van der Waals surface area contributed by atoms with Gasteiger partial charge in [-0.25, -0.2) is 9.79 Å². The van der Waals surface area contributed by atoms with Crippen LogP contribution in [0.3, 0.4) is 0 Å². The van der Waals surface area contributed by atoms with Gasteiger partial charge in [-0.3, -0.25) is 4.79 Å². The molecule has 0 saturated carbocycles. The zero-order valence-corrected chi connectivity index (χ0v) is 12.9. The van der Waals surface area contributed by atoms with Gasteiger partial charge in [0.25, 0.3) is 5.90 Å².